The van der Waals surface area contributed by atoms with E-state index in [9.17, 15) is 4.79 Å². The number of hydrogen-bond donors (Lipinski definition) is 1. The molecule has 2 aromatic carbocycles. The summed E-state index contributed by atoms with van der Waals surface area (Å²) in [5.41, 5.74) is 1.53. The van der Waals surface area contributed by atoms with Crippen LogP contribution in [0.5, 0.6) is 0 Å². The fourth-order valence-electron chi connectivity index (χ4n) is 2.05. The van der Waals surface area contributed by atoms with Gasteiger partial charge in [-0.2, -0.15) is 0 Å². The number of H-pyrrole nitrogens is 1. The van der Waals surface area contributed by atoms with Gasteiger partial charge in [0.1, 0.15) is 5.82 Å². The molecule has 18 heavy (non-hydrogen) atoms. The first-order valence-electron chi connectivity index (χ1n) is 5.79. The summed E-state index contributed by atoms with van der Waals surface area (Å²) in [7, 11) is 0. The van der Waals surface area contributed by atoms with E-state index in [4.69, 9.17) is 0 Å². The van der Waals surface area contributed by atoms with Crippen LogP contribution in [0.15, 0.2) is 53.3 Å². The van der Waals surface area contributed by atoms with Crippen molar-refractivity contribution in [2.75, 3.05) is 0 Å². The van der Waals surface area contributed by atoms with E-state index in [0.717, 1.165) is 16.6 Å². The topological polar surface area (TPSA) is 45.8 Å². The Bertz CT molecular complexity index is 775. The van der Waals surface area contributed by atoms with Crippen LogP contribution in [-0.4, -0.2) is 9.97 Å². The number of aromatic amines is 1. The maximum Gasteiger partial charge on any atom is 0.251 e. The molecule has 0 atom stereocenters. The monoisotopic (exact) mass is 236 g/mol. The van der Waals surface area contributed by atoms with Gasteiger partial charge in [-0.15, -0.1) is 0 Å². The Morgan fingerprint density at radius 2 is 1.78 bits per heavy atom. The van der Waals surface area contributed by atoms with E-state index in [2.05, 4.69) is 16.0 Å². The molecule has 0 aliphatic rings. The molecule has 0 saturated heterocycles. The lowest BCUT2D eigenvalue weighted by molar-refractivity contribution is 1.07. The Balaban J connectivity index is 2.22. The highest BCUT2D eigenvalue weighted by Crippen LogP contribution is 2.21. The van der Waals surface area contributed by atoms with Crippen LogP contribution in [0, 0.1) is 6.92 Å². The van der Waals surface area contributed by atoms with Gasteiger partial charge in [-0.05, 0) is 23.8 Å². The zero-order chi connectivity index (χ0) is 12.5. The van der Waals surface area contributed by atoms with Gasteiger partial charge in [-0.25, -0.2) is 4.98 Å². The Morgan fingerprint density at radius 1 is 1.00 bits per heavy atom. The molecule has 3 heteroatoms. The Morgan fingerprint density at radius 3 is 2.56 bits per heavy atom. The first-order chi connectivity index (χ1) is 8.72. The molecule has 0 amide bonds. The van der Waals surface area contributed by atoms with Crippen molar-refractivity contribution in [3.63, 3.8) is 0 Å². The lowest BCUT2D eigenvalue weighted by Gasteiger charge is -2.04. The molecule has 0 fully saturated rings. The zero-order valence-electron chi connectivity index (χ0n) is 9.97. The summed E-state index contributed by atoms with van der Waals surface area (Å²) >= 11 is 0. The Hall–Kier alpha value is -2.42. The lowest BCUT2D eigenvalue weighted by Crippen LogP contribution is -2.08. The van der Waals surface area contributed by atoms with Crippen molar-refractivity contribution in [3.8, 4) is 11.4 Å². The summed E-state index contributed by atoms with van der Waals surface area (Å²) in [5, 5.41) is 2.32. The molecule has 88 valence electrons. The van der Waals surface area contributed by atoms with Crippen LogP contribution in [0.2, 0.25) is 0 Å². The molecule has 1 N–H and O–H groups in total. The molecular formula is C15H12N2O. The highest BCUT2D eigenvalue weighted by Gasteiger charge is 2.03. The average Bonchev–Trinajstić information content (AvgIpc) is 2.37. The van der Waals surface area contributed by atoms with Crippen LogP contribution >= 0.6 is 0 Å². The van der Waals surface area contributed by atoms with Gasteiger partial charge in [0.15, 0.2) is 0 Å². The fraction of sp³-hybridized carbons (Fsp3) is 0.0667. The van der Waals surface area contributed by atoms with E-state index in [0.29, 0.717) is 5.82 Å². The van der Waals surface area contributed by atoms with Crippen LogP contribution in [0.3, 0.4) is 0 Å². The molecule has 0 aliphatic heterocycles. The summed E-state index contributed by atoms with van der Waals surface area (Å²) in [4.78, 5) is 18.6. The third kappa shape index (κ3) is 1.91. The first kappa shape index (κ1) is 10.7. The van der Waals surface area contributed by atoms with Crippen LogP contribution in [0.25, 0.3) is 22.2 Å². The highest BCUT2D eigenvalue weighted by molar-refractivity contribution is 5.86. The maximum absolute atomic E-state index is 11.5. The number of hydrogen-bond acceptors (Lipinski definition) is 2. The summed E-state index contributed by atoms with van der Waals surface area (Å²) in [6.07, 6.45) is 0. The minimum absolute atomic E-state index is 0.120. The van der Waals surface area contributed by atoms with Gasteiger partial charge < -0.3 is 4.98 Å². The van der Waals surface area contributed by atoms with Gasteiger partial charge in [-0.1, -0.05) is 36.4 Å². The molecule has 3 nitrogen and oxygen atoms in total. The van der Waals surface area contributed by atoms with Gasteiger partial charge in [-0.3, -0.25) is 4.79 Å². The minimum Gasteiger partial charge on any atom is -0.307 e. The largest absolute Gasteiger partial charge is 0.307 e. The van der Waals surface area contributed by atoms with Crippen molar-refractivity contribution >= 4 is 10.8 Å². The summed E-state index contributed by atoms with van der Waals surface area (Å²) in [6.45, 7) is 1.82. The first-order valence-corrected chi connectivity index (χ1v) is 5.79. The second-order valence-corrected chi connectivity index (χ2v) is 4.30. The van der Waals surface area contributed by atoms with Crippen molar-refractivity contribution in [2.45, 2.75) is 6.92 Å². The van der Waals surface area contributed by atoms with Gasteiger partial charge >= 0.3 is 0 Å². The van der Waals surface area contributed by atoms with Gasteiger partial charge in [0, 0.05) is 17.3 Å². The zero-order valence-corrected chi connectivity index (χ0v) is 9.97. The Kier molecular flexibility index (Phi) is 2.45. The normalized spacial score (nSPS) is 10.7. The molecule has 1 aromatic heterocycles. The molecule has 0 radical (unpaired) electrons. The third-order valence-electron chi connectivity index (χ3n) is 2.89. The summed E-state index contributed by atoms with van der Waals surface area (Å²) in [5.74, 6) is 0.616. The van der Waals surface area contributed by atoms with E-state index in [1.165, 1.54) is 11.5 Å². The minimum atomic E-state index is -0.120. The van der Waals surface area contributed by atoms with Crippen molar-refractivity contribution < 1.29 is 0 Å². The number of benzene rings is 2. The predicted molar refractivity (Wildman–Crippen MR) is 72.5 cm³/mol. The number of aromatic nitrogens is 2. The fourth-order valence-corrected chi connectivity index (χ4v) is 2.05. The van der Waals surface area contributed by atoms with Crippen molar-refractivity contribution in [1.82, 2.24) is 9.97 Å². The molecule has 1 heterocycles. The number of fused-ring (bicyclic) bond motifs is 1. The second-order valence-electron chi connectivity index (χ2n) is 4.30. The predicted octanol–water partition coefficient (Wildman–Crippen LogP) is 2.90. The van der Waals surface area contributed by atoms with Crippen LogP contribution < -0.4 is 5.56 Å². The highest BCUT2D eigenvalue weighted by atomic mass is 16.1. The molecule has 3 rings (SSSR count). The smallest absolute Gasteiger partial charge is 0.251 e. The molecule has 0 bridgehead atoms. The van der Waals surface area contributed by atoms with Gasteiger partial charge in [0.2, 0.25) is 0 Å². The number of rotatable bonds is 1. The molecule has 0 aliphatic carbocycles. The van der Waals surface area contributed by atoms with Crippen LogP contribution in [-0.2, 0) is 0 Å². The van der Waals surface area contributed by atoms with E-state index in [1.807, 2.05) is 43.3 Å². The second kappa shape index (κ2) is 4.11. The van der Waals surface area contributed by atoms with E-state index in [1.54, 1.807) is 0 Å². The van der Waals surface area contributed by atoms with Gasteiger partial charge in [0.25, 0.3) is 5.56 Å². The molecule has 0 spiro atoms. The van der Waals surface area contributed by atoms with Crippen molar-refractivity contribution in [1.29, 1.82) is 0 Å². The number of nitrogens with one attached hydrogen (secondary N) is 1. The summed E-state index contributed by atoms with van der Waals surface area (Å²) in [6, 6.07) is 15.6. The third-order valence-corrected chi connectivity index (χ3v) is 2.89. The Labute approximate surface area is 104 Å². The maximum atomic E-state index is 11.5. The quantitative estimate of drug-likeness (QED) is 0.706. The van der Waals surface area contributed by atoms with Crippen LogP contribution in [0.4, 0.5) is 0 Å². The van der Waals surface area contributed by atoms with E-state index in [-0.39, 0.29) is 5.56 Å². The van der Waals surface area contributed by atoms with E-state index >= 15 is 0 Å². The van der Waals surface area contributed by atoms with Crippen molar-refractivity contribution in [3.05, 3.63) is 64.6 Å². The molecule has 3 aromatic rings. The summed E-state index contributed by atoms with van der Waals surface area (Å²) < 4.78 is 0. The lowest BCUT2D eigenvalue weighted by atomic mass is 10.1. The average molecular weight is 236 g/mol. The molecule has 0 unspecified atom stereocenters. The number of aryl methyl sites for hydroxylation is 1. The standard InChI is InChI=1S/C15H12N2O/c1-10-8-14(18)17-15(16-10)13-7-6-11-4-2-3-5-12(11)9-13/h2-9H,1H3,(H,16,17,18). The van der Waals surface area contributed by atoms with E-state index < -0.39 is 0 Å². The molecule has 0 saturated carbocycles. The van der Waals surface area contributed by atoms with Crippen LogP contribution in [0.1, 0.15) is 5.69 Å². The molecular weight excluding hydrogens is 224 g/mol. The van der Waals surface area contributed by atoms with Crippen molar-refractivity contribution in [2.24, 2.45) is 0 Å². The SMILES string of the molecule is Cc1cc(=O)[nH]c(-c2ccc3ccccc3c2)n1. The number of nitrogens with zero attached hydrogens (tertiary/aromatic N) is 1. The van der Waals surface area contributed by atoms with Gasteiger partial charge in [0.05, 0.1) is 0 Å².